The van der Waals surface area contributed by atoms with E-state index in [9.17, 15) is 22.0 Å². The summed E-state index contributed by atoms with van der Waals surface area (Å²) in [6.07, 6.45) is 2.31. The van der Waals surface area contributed by atoms with Crippen LogP contribution in [0.5, 0.6) is 0 Å². The minimum atomic E-state index is -1.53. The van der Waals surface area contributed by atoms with E-state index >= 15 is 4.39 Å². The van der Waals surface area contributed by atoms with E-state index in [-0.39, 0.29) is 30.4 Å². The molecule has 0 aliphatic heterocycles. The Morgan fingerprint density at radius 1 is 0.514 bits per heavy atom. The molecule has 0 radical (unpaired) electrons. The average Bonchev–Trinajstić information content (AvgIpc) is 2.81. The fraction of sp³-hybridized carbons (Fsp3) is 0.241. The molecule has 0 unspecified atom stereocenters. The largest absolute Gasteiger partial charge is 0.207 e. The molecule has 0 fully saturated rings. The number of rotatable bonds is 8. The van der Waals surface area contributed by atoms with Crippen LogP contribution in [-0.2, 0) is 32.1 Å². The number of fused-ring (bicyclic) bond motifs is 1. The van der Waals surface area contributed by atoms with Gasteiger partial charge in [0.1, 0.15) is 17.5 Å². The van der Waals surface area contributed by atoms with Crippen molar-refractivity contribution in [1.29, 1.82) is 0 Å². The van der Waals surface area contributed by atoms with Crippen molar-refractivity contribution in [3.8, 4) is 0 Å². The molecule has 0 N–H and O–H groups in total. The van der Waals surface area contributed by atoms with E-state index in [1.54, 1.807) is 30.3 Å². The molecule has 0 aliphatic carbocycles. The third-order valence-corrected chi connectivity index (χ3v) is 6.23. The quantitative estimate of drug-likeness (QED) is 0.174. The number of halogens is 6. The number of benzene rings is 4. The van der Waals surface area contributed by atoms with Crippen molar-refractivity contribution < 1.29 is 26.3 Å². The molecule has 0 heterocycles. The van der Waals surface area contributed by atoms with Crippen molar-refractivity contribution in [2.24, 2.45) is 0 Å². The SMILES string of the molecule is CCCc1cc(F)c(CCc2ccc3c(F)c(CCc4cc(F)c(F)c(F)c4)ccc3c2)c(F)c1. The first-order valence-electron chi connectivity index (χ1n) is 11.6. The minimum Gasteiger partial charge on any atom is -0.207 e. The summed E-state index contributed by atoms with van der Waals surface area (Å²) in [4.78, 5) is 0. The highest BCUT2D eigenvalue weighted by atomic mass is 19.2. The fourth-order valence-corrected chi connectivity index (χ4v) is 4.36. The highest BCUT2D eigenvalue weighted by molar-refractivity contribution is 5.84. The fourth-order valence-electron chi connectivity index (χ4n) is 4.36. The molecular weight excluding hydrogens is 462 g/mol. The van der Waals surface area contributed by atoms with Gasteiger partial charge in [0, 0.05) is 10.9 Å². The predicted molar refractivity (Wildman–Crippen MR) is 125 cm³/mol. The van der Waals surface area contributed by atoms with E-state index in [2.05, 4.69) is 0 Å². The van der Waals surface area contributed by atoms with E-state index < -0.39 is 34.9 Å². The van der Waals surface area contributed by atoms with E-state index in [1.807, 2.05) is 6.92 Å². The molecule has 182 valence electrons. The second-order valence-corrected chi connectivity index (χ2v) is 8.76. The number of aryl methyl sites for hydroxylation is 4. The zero-order valence-electron chi connectivity index (χ0n) is 19.2. The normalized spacial score (nSPS) is 11.4. The Kier molecular flexibility index (Phi) is 7.48. The van der Waals surface area contributed by atoms with E-state index in [4.69, 9.17) is 0 Å². The first kappa shape index (κ1) is 24.8. The Morgan fingerprint density at radius 3 is 1.77 bits per heavy atom. The molecule has 0 aromatic heterocycles. The summed E-state index contributed by atoms with van der Waals surface area (Å²) in [5.74, 6) is -5.62. The standard InChI is InChI=1S/C29H24F6/c1-2-3-18-13-24(30)23(25(31)14-18)11-6-17-5-10-22-21(12-17)9-8-20(28(22)34)7-4-19-15-26(32)29(35)27(33)16-19/h5,8-10,12-16H,2-4,6-7,11H2,1H3. The van der Waals surface area contributed by atoms with Crippen molar-refractivity contribution in [1.82, 2.24) is 0 Å². The van der Waals surface area contributed by atoms with Gasteiger partial charge in [0.15, 0.2) is 17.5 Å². The van der Waals surface area contributed by atoms with Crippen LogP contribution >= 0.6 is 0 Å². The third kappa shape index (κ3) is 5.53. The Bertz CT molecular complexity index is 1330. The summed E-state index contributed by atoms with van der Waals surface area (Å²) in [5, 5.41) is 1.02. The molecule has 4 aromatic rings. The molecule has 0 atom stereocenters. The smallest absolute Gasteiger partial charge is 0.194 e. The molecular formula is C29H24F6. The monoisotopic (exact) mass is 486 g/mol. The zero-order valence-corrected chi connectivity index (χ0v) is 19.2. The molecule has 35 heavy (non-hydrogen) atoms. The first-order chi connectivity index (χ1) is 16.8. The van der Waals surface area contributed by atoms with Gasteiger partial charge in [-0.2, -0.15) is 0 Å². The van der Waals surface area contributed by atoms with Crippen LogP contribution in [0.15, 0.2) is 54.6 Å². The molecule has 4 aromatic carbocycles. The van der Waals surface area contributed by atoms with Crippen LogP contribution in [0.1, 0.15) is 41.2 Å². The summed E-state index contributed by atoms with van der Waals surface area (Å²) in [7, 11) is 0. The van der Waals surface area contributed by atoms with Crippen LogP contribution in [0.4, 0.5) is 26.3 Å². The molecule has 0 bridgehead atoms. The molecule has 0 saturated heterocycles. The lowest BCUT2D eigenvalue weighted by Gasteiger charge is -2.10. The first-order valence-corrected chi connectivity index (χ1v) is 11.6. The average molecular weight is 486 g/mol. The second kappa shape index (κ2) is 10.5. The molecule has 6 heteroatoms. The van der Waals surface area contributed by atoms with Crippen molar-refractivity contribution in [2.45, 2.75) is 45.4 Å². The van der Waals surface area contributed by atoms with Gasteiger partial charge in [0.05, 0.1) is 0 Å². The Morgan fingerprint density at radius 2 is 1.11 bits per heavy atom. The summed E-state index contributed by atoms with van der Waals surface area (Å²) < 4.78 is 83.9. The van der Waals surface area contributed by atoms with Crippen LogP contribution in [0.25, 0.3) is 10.8 Å². The van der Waals surface area contributed by atoms with Gasteiger partial charge in [-0.05, 0) is 84.0 Å². The Hall–Kier alpha value is -3.28. The molecule has 0 amide bonds. The maximum Gasteiger partial charge on any atom is 0.194 e. The zero-order chi connectivity index (χ0) is 25.1. The van der Waals surface area contributed by atoms with Gasteiger partial charge in [0.25, 0.3) is 0 Å². The van der Waals surface area contributed by atoms with Crippen molar-refractivity contribution in [2.75, 3.05) is 0 Å². The van der Waals surface area contributed by atoms with Gasteiger partial charge in [0.2, 0.25) is 0 Å². The van der Waals surface area contributed by atoms with Crippen LogP contribution in [-0.4, -0.2) is 0 Å². The minimum absolute atomic E-state index is 0.0418. The number of hydrogen-bond acceptors (Lipinski definition) is 0. The van der Waals surface area contributed by atoms with Gasteiger partial charge in [-0.25, -0.2) is 26.3 Å². The predicted octanol–water partition coefficient (Wildman–Crippen LogP) is 8.20. The van der Waals surface area contributed by atoms with Crippen LogP contribution < -0.4 is 0 Å². The summed E-state index contributed by atoms with van der Waals surface area (Å²) >= 11 is 0. The van der Waals surface area contributed by atoms with Gasteiger partial charge in [-0.3, -0.25) is 0 Å². The Labute approximate surface area is 200 Å². The van der Waals surface area contributed by atoms with Gasteiger partial charge in [-0.15, -0.1) is 0 Å². The maximum atomic E-state index is 15.1. The lowest BCUT2D eigenvalue weighted by molar-refractivity contribution is 0.445. The van der Waals surface area contributed by atoms with Crippen molar-refractivity contribution in [3.63, 3.8) is 0 Å². The molecule has 0 nitrogen and oxygen atoms in total. The van der Waals surface area contributed by atoms with Gasteiger partial charge >= 0.3 is 0 Å². The lowest BCUT2D eigenvalue weighted by Crippen LogP contribution is -2.01. The third-order valence-electron chi connectivity index (χ3n) is 6.23. The molecule has 0 aliphatic rings. The maximum absolute atomic E-state index is 15.1. The highest BCUT2D eigenvalue weighted by Gasteiger charge is 2.14. The molecule has 4 rings (SSSR count). The lowest BCUT2D eigenvalue weighted by atomic mass is 9.96. The Balaban J connectivity index is 1.48. The van der Waals surface area contributed by atoms with Crippen molar-refractivity contribution >= 4 is 10.8 Å². The van der Waals surface area contributed by atoms with E-state index in [1.165, 1.54) is 12.1 Å². The van der Waals surface area contributed by atoms with Gasteiger partial charge < -0.3 is 0 Å². The highest BCUT2D eigenvalue weighted by Crippen LogP contribution is 2.26. The topological polar surface area (TPSA) is 0 Å². The molecule has 0 spiro atoms. The number of hydrogen-bond donors (Lipinski definition) is 0. The van der Waals surface area contributed by atoms with Gasteiger partial charge in [-0.1, -0.05) is 43.7 Å². The van der Waals surface area contributed by atoms with Crippen LogP contribution in [0, 0.1) is 34.9 Å². The van der Waals surface area contributed by atoms with Crippen molar-refractivity contribution in [3.05, 3.63) is 117 Å². The van der Waals surface area contributed by atoms with Crippen LogP contribution in [0.3, 0.4) is 0 Å². The second-order valence-electron chi connectivity index (χ2n) is 8.76. The van der Waals surface area contributed by atoms with E-state index in [0.29, 0.717) is 34.7 Å². The summed E-state index contributed by atoms with van der Waals surface area (Å²) in [5.41, 5.74) is 2.10. The summed E-state index contributed by atoms with van der Waals surface area (Å²) in [6, 6.07) is 13.1. The summed E-state index contributed by atoms with van der Waals surface area (Å²) in [6.45, 7) is 1.95. The molecule has 0 saturated carbocycles. The van der Waals surface area contributed by atoms with E-state index in [0.717, 1.165) is 24.1 Å². The van der Waals surface area contributed by atoms with Crippen LogP contribution in [0.2, 0.25) is 0 Å².